The fourth-order valence-corrected chi connectivity index (χ4v) is 5.83. The monoisotopic (exact) mass is 617 g/mol. The molecule has 0 unspecified atom stereocenters. The summed E-state index contributed by atoms with van der Waals surface area (Å²) in [4.78, 5) is 47.9. The molecule has 2 aliphatic rings. The molecule has 44 heavy (non-hydrogen) atoms. The largest absolute Gasteiger partial charge is 0.367 e. The van der Waals surface area contributed by atoms with Crippen molar-refractivity contribution in [2.45, 2.75) is 18.6 Å². The van der Waals surface area contributed by atoms with Crippen molar-refractivity contribution >= 4 is 51.8 Å². The molecule has 1 aromatic carbocycles. The van der Waals surface area contributed by atoms with Gasteiger partial charge >= 0.3 is 0 Å². The lowest BCUT2D eigenvalue weighted by atomic mass is 10.0. The highest BCUT2D eigenvalue weighted by atomic mass is 35.5. The lowest BCUT2D eigenvalue weighted by Gasteiger charge is -2.36. The minimum absolute atomic E-state index is 0.0795. The van der Waals surface area contributed by atoms with Gasteiger partial charge in [0.2, 0.25) is 11.9 Å². The van der Waals surface area contributed by atoms with Crippen molar-refractivity contribution in [2.75, 3.05) is 61.8 Å². The van der Waals surface area contributed by atoms with Gasteiger partial charge in [0.15, 0.2) is 0 Å². The number of fused-ring (bicyclic) bond motifs is 1. The molecule has 3 aromatic heterocycles. The number of piperidine rings is 1. The normalized spacial score (nSPS) is 19.2. The molecule has 0 bridgehead atoms. The molecule has 2 saturated heterocycles. The number of anilines is 3. The van der Waals surface area contributed by atoms with E-state index < -0.39 is 12.2 Å². The fourth-order valence-electron chi connectivity index (χ4n) is 5.64. The minimum Gasteiger partial charge on any atom is -0.367 e. The summed E-state index contributed by atoms with van der Waals surface area (Å²) in [7, 11) is 2.06. The number of piperazine rings is 1. The van der Waals surface area contributed by atoms with Gasteiger partial charge in [-0.25, -0.2) is 19.3 Å². The highest BCUT2D eigenvalue weighted by Crippen LogP contribution is 2.33. The number of halogens is 2. The van der Waals surface area contributed by atoms with Gasteiger partial charge in [0, 0.05) is 61.6 Å². The molecule has 6 rings (SSSR count). The van der Waals surface area contributed by atoms with Gasteiger partial charge in [-0.3, -0.25) is 9.59 Å². The quantitative estimate of drug-likeness (QED) is 0.264. The Balaban J connectivity index is 1.15. The van der Waals surface area contributed by atoms with Crippen molar-refractivity contribution in [3.05, 3.63) is 72.2 Å². The summed E-state index contributed by atoms with van der Waals surface area (Å²) in [6, 6.07) is 8.34. The van der Waals surface area contributed by atoms with E-state index in [9.17, 15) is 9.59 Å². The Morgan fingerprint density at radius 3 is 2.75 bits per heavy atom. The van der Waals surface area contributed by atoms with E-state index in [4.69, 9.17) is 11.6 Å². The van der Waals surface area contributed by atoms with E-state index in [0.717, 1.165) is 42.8 Å². The van der Waals surface area contributed by atoms with Crippen LogP contribution in [0.25, 0.3) is 22.3 Å². The van der Waals surface area contributed by atoms with Crippen LogP contribution >= 0.6 is 11.6 Å². The molecular formula is C31H33ClFN9O2. The molecule has 11 nitrogen and oxygen atoms in total. The average molecular weight is 618 g/mol. The van der Waals surface area contributed by atoms with E-state index in [1.54, 1.807) is 30.6 Å². The summed E-state index contributed by atoms with van der Waals surface area (Å²) in [6.45, 7) is 7.02. The summed E-state index contributed by atoms with van der Waals surface area (Å²) < 4.78 is 15.6. The molecule has 0 spiro atoms. The number of likely N-dealkylation sites (tertiary alicyclic amines) is 1. The molecule has 2 fully saturated rings. The first-order valence-corrected chi connectivity index (χ1v) is 14.8. The van der Waals surface area contributed by atoms with Gasteiger partial charge in [-0.05, 0) is 49.9 Å². The lowest BCUT2D eigenvalue weighted by Crippen LogP contribution is -2.50. The minimum atomic E-state index is -1.35. The zero-order valence-corrected chi connectivity index (χ0v) is 25.0. The van der Waals surface area contributed by atoms with Crippen LogP contribution in [0.2, 0.25) is 5.02 Å². The number of hydrogen-bond acceptors (Lipinski definition) is 8. The third-order valence-corrected chi connectivity index (χ3v) is 8.40. The van der Waals surface area contributed by atoms with Crippen LogP contribution in [-0.2, 0) is 4.79 Å². The first-order chi connectivity index (χ1) is 21.3. The van der Waals surface area contributed by atoms with Gasteiger partial charge in [0.05, 0.1) is 40.9 Å². The number of likely N-dealkylation sites (N-methyl/N-ethyl adjacent to an activating group) is 1. The molecular weight excluding hydrogens is 585 g/mol. The van der Waals surface area contributed by atoms with Gasteiger partial charge in [0.25, 0.3) is 5.91 Å². The molecule has 2 amide bonds. The van der Waals surface area contributed by atoms with E-state index in [0.29, 0.717) is 40.6 Å². The van der Waals surface area contributed by atoms with E-state index >= 15 is 4.39 Å². The number of nitrogens with one attached hydrogen (secondary N) is 3. The van der Waals surface area contributed by atoms with Crippen molar-refractivity contribution in [3.8, 4) is 11.3 Å². The third-order valence-electron chi connectivity index (χ3n) is 8.13. The zero-order valence-electron chi connectivity index (χ0n) is 24.3. The topological polar surface area (TPSA) is 122 Å². The number of aromatic amines is 1. The van der Waals surface area contributed by atoms with Crippen molar-refractivity contribution in [1.29, 1.82) is 0 Å². The molecule has 2 atom stereocenters. The standard InChI is InChI=1S/C31H33ClFN9O2/c1-3-27(43)37-25-7-6-19(15-26(25)41-13-11-40(2)12-14-41)30(44)42-10-8-24(23(33)18-42)38-31-36-17-22(32)28(39-31)21-16-35-29-20(21)5-4-9-34-29/h3-7,9,15-17,23-24H,1,8,10-14,18H2,2H3,(H,34,35)(H,37,43)(H,36,38,39)/t23-,24-/m0/s1. The van der Waals surface area contributed by atoms with Crippen LogP contribution in [0.15, 0.2) is 61.6 Å². The molecule has 13 heteroatoms. The molecule has 5 heterocycles. The molecule has 0 saturated carbocycles. The second-order valence-electron chi connectivity index (χ2n) is 11.0. The van der Waals surface area contributed by atoms with Gasteiger partial charge < -0.3 is 30.3 Å². The van der Waals surface area contributed by atoms with Crippen LogP contribution in [0.1, 0.15) is 16.8 Å². The first kappa shape index (κ1) is 29.5. The number of pyridine rings is 1. The van der Waals surface area contributed by atoms with Crippen molar-refractivity contribution in [3.63, 3.8) is 0 Å². The lowest BCUT2D eigenvalue weighted by molar-refractivity contribution is -0.111. The van der Waals surface area contributed by atoms with Crippen LogP contribution in [0.4, 0.5) is 21.7 Å². The zero-order chi connectivity index (χ0) is 30.8. The summed E-state index contributed by atoms with van der Waals surface area (Å²) >= 11 is 6.45. The smallest absolute Gasteiger partial charge is 0.254 e. The SMILES string of the molecule is C=CC(=O)Nc1ccc(C(=O)N2CC[C@H](Nc3ncc(Cl)c(-c4c[nH]c5ncccc45)n3)[C@@H](F)C2)cc1N1CCN(C)CC1. The Kier molecular flexibility index (Phi) is 8.45. The van der Waals surface area contributed by atoms with Gasteiger partial charge in [0.1, 0.15) is 11.8 Å². The predicted molar refractivity (Wildman–Crippen MR) is 170 cm³/mol. The fraction of sp³-hybridized carbons (Fsp3) is 0.323. The number of benzene rings is 1. The second-order valence-corrected chi connectivity index (χ2v) is 11.4. The number of H-pyrrole nitrogens is 1. The summed E-state index contributed by atoms with van der Waals surface area (Å²) in [5, 5.41) is 7.19. The number of carbonyl (C=O) groups excluding carboxylic acids is 2. The van der Waals surface area contributed by atoms with Gasteiger partial charge in [-0.1, -0.05) is 18.2 Å². The van der Waals surface area contributed by atoms with Gasteiger partial charge in [-0.15, -0.1) is 0 Å². The Bertz CT molecular complexity index is 1700. The highest BCUT2D eigenvalue weighted by Gasteiger charge is 2.33. The Morgan fingerprint density at radius 1 is 1.16 bits per heavy atom. The average Bonchev–Trinajstić information content (AvgIpc) is 3.47. The van der Waals surface area contributed by atoms with E-state index in [1.165, 1.54) is 17.2 Å². The maximum absolute atomic E-state index is 15.6. The molecule has 0 aliphatic carbocycles. The van der Waals surface area contributed by atoms with Crippen molar-refractivity contribution in [2.24, 2.45) is 0 Å². The first-order valence-electron chi connectivity index (χ1n) is 14.5. The number of nitrogens with zero attached hydrogens (tertiary/aromatic N) is 6. The summed E-state index contributed by atoms with van der Waals surface area (Å²) in [5.74, 6) is -0.338. The number of amides is 2. The van der Waals surface area contributed by atoms with E-state index in [1.807, 2.05) is 12.1 Å². The van der Waals surface area contributed by atoms with Crippen LogP contribution in [-0.4, -0.2) is 100 Å². The number of hydrogen-bond donors (Lipinski definition) is 3. The summed E-state index contributed by atoms with van der Waals surface area (Å²) in [6.07, 6.45) is 5.20. The summed E-state index contributed by atoms with van der Waals surface area (Å²) in [5.41, 5.74) is 3.79. The molecule has 3 N–H and O–H groups in total. The van der Waals surface area contributed by atoms with E-state index in [2.05, 4.69) is 54.0 Å². The van der Waals surface area contributed by atoms with Crippen LogP contribution in [0.5, 0.6) is 0 Å². The molecule has 2 aliphatic heterocycles. The number of carbonyl (C=O) groups is 2. The Labute approximate surface area is 259 Å². The molecule has 228 valence electrons. The number of rotatable bonds is 7. The maximum Gasteiger partial charge on any atom is 0.254 e. The van der Waals surface area contributed by atoms with Crippen molar-refractivity contribution < 1.29 is 14.0 Å². The van der Waals surface area contributed by atoms with Crippen LogP contribution in [0, 0.1) is 0 Å². The van der Waals surface area contributed by atoms with Gasteiger partial charge in [-0.2, -0.15) is 0 Å². The third kappa shape index (κ3) is 6.08. The molecule has 4 aromatic rings. The van der Waals surface area contributed by atoms with Crippen molar-refractivity contribution in [1.82, 2.24) is 29.7 Å². The molecule has 0 radical (unpaired) electrons. The Morgan fingerprint density at radius 2 is 1.98 bits per heavy atom. The van der Waals surface area contributed by atoms with E-state index in [-0.39, 0.29) is 24.3 Å². The number of alkyl halides is 1. The second kappa shape index (κ2) is 12.6. The van der Waals surface area contributed by atoms with Crippen LogP contribution < -0.4 is 15.5 Å². The van der Waals surface area contributed by atoms with Crippen LogP contribution in [0.3, 0.4) is 0 Å². The maximum atomic E-state index is 15.6. The Hall–Kier alpha value is -4.55. The highest BCUT2D eigenvalue weighted by molar-refractivity contribution is 6.33. The predicted octanol–water partition coefficient (Wildman–Crippen LogP) is 4.21. The number of aromatic nitrogens is 4.